The molecule has 7 heteroatoms. The molecular weight excluding hydrogens is 400 g/mol. The standard InChI is InChI=1S/C25H32N6O/c1-4-19(5-2)28-23-22-24(31(17-27-22)16-20-10-6-7-14-26-20)30-21(29-23)11-13-25(32)12-8-9-18(3)15-25/h6-7,10,14,17-19,32H,4-5,8-9,12,15-16H2,1-3H3,(H,28,29,30)/t18-,25-/m1/s1. The molecule has 2 atom stereocenters. The van der Waals surface area contributed by atoms with Crippen LogP contribution in [0.15, 0.2) is 30.7 Å². The monoisotopic (exact) mass is 432 g/mol. The van der Waals surface area contributed by atoms with Crippen LogP contribution in [0.4, 0.5) is 5.82 Å². The molecule has 0 aromatic carbocycles. The van der Waals surface area contributed by atoms with Crippen LogP contribution in [0.1, 0.15) is 70.8 Å². The van der Waals surface area contributed by atoms with Gasteiger partial charge in [0.05, 0.1) is 18.6 Å². The lowest BCUT2D eigenvalue weighted by molar-refractivity contribution is 0.0410. The van der Waals surface area contributed by atoms with Crippen LogP contribution in [0.3, 0.4) is 0 Å². The maximum absolute atomic E-state index is 10.9. The Balaban J connectivity index is 1.73. The Bertz CT molecular complexity index is 1110. The van der Waals surface area contributed by atoms with Gasteiger partial charge in [-0.3, -0.25) is 4.98 Å². The van der Waals surface area contributed by atoms with Gasteiger partial charge < -0.3 is 15.0 Å². The number of fused-ring (bicyclic) bond motifs is 1. The number of aromatic nitrogens is 5. The fourth-order valence-electron chi connectivity index (χ4n) is 4.38. The first-order valence-corrected chi connectivity index (χ1v) is 11.6. The molecular formula is C25H32N6O. The second-order valence-corrected chi connectivity index (χ2v) is 8.90. The molecule has 2 N–H and O–H groups in total. The highest BCUT2D eigenvalue weighted by atomic mass is 16.3. The van der Waals surface area contributed by atoms with E-state index in [1.807, 2.05) is 22.8 Å². The van der Waals surface area contributed by atoms with Crippen molar-refractivity contribution in [2.24, 2.45) is 5.92 Å². The number of hydrogen-bond acceptors (Lipinski definition) is 6. The van der Waals surface area contributed by atoms with Gasteiger partial charge in [0.1, 0.15) is 5.60 Å². The minimum Gasteiger partial charge on any atom is -0.378 e. The van der Waals surface area contributed by atoms with E-state index in [1.54, 1.807) is 12.5 Å². The van der Waals surface area contributed by atoms with Crippen LogP contribution in [0.25, 0.3) is 11.2 Å². The molecule has 0 spiro atoms. The number of nitrogens with one attached hydrogen (secondary N) is 1. The summed E-state index contributed by atoms with van der Waals surface area (Å²) in [6, 6.07) is 6.15. The van der Waals surface area contributed by atoms with E-state index in [4.69, 9.17) is 9.97 Å². The van der Waals surface area contributed by atoms with Crippen molar-refractivity contribution in [2.45, 2.75) is 77.5 Å². The van der Waals surface area contributed by atoms with Gasteiger partial charge in [-0.15, -0.1) is 0 Å². The highest BCUT2D eigenvalue weighted by Gasteiger charge is 2.30. The quantitative estimate of drug-likeness (QED) is 0.569. The van der Waals surface area contributed by atoms with E-state index >= 15 is 0 Å². The molecule has 1 aliphatic rings. The van der Waals surface area contributed by atoms with Gasteiger partial charge in [-0.1, -0.05) is 39.2 Å². The smallest absolute Gasteiger partial charge is 0.209 e. The van der Waals surface area contributed by atoms with Gasteiger partial charge in [0.25, 0.3) is 0 Å². The second kappa shape index (κ2) is 9.66. The van der Waals surface area contributed by atoms with Crippen LogP contribution in [-0.2, 0) is 6.54 Å². The van der Waals surface area contributed by atoms with Crippen molar-refractivity contribution in [3.8, 4) is 11.8 Å². The number of anilines is 1. The van der Waals surface area contributed by atoms with Crippen LogP contribution in [0.5, 0.6) is 0 Å². The number of rotatable bonds is 6. The van der Waals surface area contributed by atoms with E-state index in [0.717, 1.165) is 36.9 Å². The number of nitrogens with zero attached hydrogens (tertiary/aromatic N) is 5. The molecule has 7 nitrogen and oxygen atoms in total. The van der Waals surface area contributed by atoms with Crippen LogP contribution in [-0.4, -0.2) is 41.3 Å². The van der Waals surface area contributed by atoms with E-state index in [9.17, 15) is 5.11 Å². The lowest BCUT2D eigenvalue weighted by Gasteiger charge is -2.30. The topological polar surface area (TPSA) is 88.8 Å². The fraction of sp³-hybridized carbons (Fsp3) is 0.520. The first-order valence-electron chi connectivity index (χ1n) is 11.6. The van der Waals surface area contributed by atoms with E-state index in [2.05, 4.69) is 47.9 Å². The maximum atomic E-state index is 10.9. The summed E-state index contributed by atoms with van der Waals surface area (Å²) in [5, 5.41) is 14.5. The molecule has 3 aromatic heterocycles. The maximum Gasteiger partial charge on any atom is 0.209 e. The van der Waals surface area contributed by atoms with Gasteiger partial charge in [0.15, 0.2) is 17.0 Å². The van der Waals surface area contributed by atoms with Gasteiger partial charge in [0, 0.05) is 12.2 Å². The highest BCUT2D eigenvalue weighted by Crippen LogP contribution is 2.31. The largest absolute Gasteiger partial charge is 0.378 e. The molecule has 1 aliphatic carbocycles. The SMILES string of the molecule is CCC(CC)Nc1nc(C#C[C@]2(O)CCC[C@@H](C)C2)nc2c1ncn2Cc1ccccn1. The van der Waals surface area contributed by atoms with Crippen molar-refractivity contribution in [1.29, 1.82) is 0 Å². The Kier molecular flexibility index (Phi) is 6.71. The zero-order chi connectivity index (χ0) is 22.6. The van der Waals surface area contributed by atoms with Crippen molar-refractivity contribution < 1.29 is 5.11 Å². The predicted molar refractivity (Wildman–Crippen MR) is 126 cm³/mol. The van der Waals surface area contributed by atoms with Crippen molar-refractivity contribution in [1.82, 2.24) is 24.5 Å². The first kappa shape index (κ1) is 22.2. The first-order chi connectivity index (χ1) is 15.5. The Morgan fingerprint density at radius 2 is 2.09 bits per heavy atom. The van der Waals surface area contributed by atoms with Gasteiger partial charge in [-0.25, -0.2) is 15.0 Å². The summed E-state index contributed by atoms with van der Waals surface area (Å²) in [7, 11) is 0. The third-order valence-corrected chi connectivity index (χ3v) is 6.23. The highest BCUT2D eigenvalue weighted by molar-refractivity contribution is 5.83. The normalized spacial score (nSPS) is 20.8. The van der Waals surface area contributed by atoms with Crippen LogP contribution in [0, 0.1) is 17.8 Å². The second-order valence-electron chi connectivity index (χ2n) is 8.90. The summed E-state index contributed by atoms with van der Waals surface area (Å²) in [6.45, 7) is 7.04. The molecule has 32 heavy (non-hydrogen) atoms. The lowest BCUT2D eigenvalue weighted by atomic mass is 9.79. The number of aliphatic hydroxyl groups is 1. The molecule has 0 unspecified atom stereocenters. The Labute approximate surface area is 189 Å². The third kappa shape index (κ3) is 5.08. The summed E-state index contributed by atoms with van der Waals surface area (Å²) in [6.07, 6.45) is 9.05. The van der Waals surface area contributed by atoms with Crippen molar-refractivity contribution in [2.75, 3.05) is 5.32 Å². The van der Waals surface area contributed by atoms with E-state index in [1.165, 1.54) is 0 Å². The summed E-state index contributed by atoms with van der Waals surface area (Å²) < 4.78 is 1.97. The molecule has 0 aliphatic heterocycles. The molecule has 0 amide bonds. The Morgan fingerprint density at radius 3 is 2.81 bits per heavy atom. The number of hydrogen-bond donors (Lipinski definition) is 2. The van der Waals surface area contributed by atoms with E-state index in [-0.39, 0.29) is 0 Å². The molecule has 0 saturated heterocycles. The van der Waals surface area contributed by atoms with Gasteiger partial charge in [-0.2, -0.15) is 0 Å². The van der Waals surface area contributed by atoms with Gasteiger partial charge in [-0.05, 0) is 56.1 Å². The average Bonchev–Trinajstić information content (AvgIpc) is 3.19. The summed E-state index contributed by atoms with van der Waals surface area (Å²) in [5.74, 6) is 7.73. The zero-order valence-electron chi connectivity index (χ0n) is 19.2. The minimum atomic E-state index is -0.965. The molecule has 1 fully saturated rings. The molecule has 0 bridgehead atoms. The number of pyridine rings is 1. The van der Waals surface area contributed by atoms with Gasteiger partial charge in [0.2, 0.25) is 5.82 Å². The Hall–Kier alpha value is -2.98. The summed E-state index contributed by atoms with van der Waals surface area (Å²) in [4.78, 5) is 18.4. The predicted octanol–water partition coefficient (Wildman–Crippen LogP) is 4.16. The summed E-state index contributed by atoms with van der Waals surface area (Å²) >= 11 is 0. The lowest BCUT2D eigenvalue weighted by Crippen LogP contribution is -2.32. The van der Waals surface area contributed by atoms with Crippen LogP contribution in [0.2, 0.25) is 0 Å². The van der Waals surface area contributed by atoms with Crippen molar-refractivity contribution in [3.63, 3.8) is 0 Å². The average molecular weight is 433 g/mol. The molecule has 0 radical (unpaired) electrons. The fourth-order valence-corrected chi connectivity index (χ4v) is 4.38. The molecule has 1 saturated carbocycles. The molecule has 168 valence electrons. The van der Waals surface area contributed by atoms with Crippen LogP contribution >= 0.6 is 0 Å². The Morgan fingerprint density at radius 1 is 1.25 bits per heavy atom. The molecule has 3 heterocycles. The van der Waals surface area contributed by atoms with E-state index in [0.29, 0.717) is 48.6 Å². The molecule has 3 aromatic rings. The van der Waals surface area contributed by atoms with Crippen LogP contribution < -0.4 is 5.32 Å². The van der Waals surface area contributed by atoms with E-state index < -0.39 is 5.60 Å². The third-order valence-electron chi connectivity index (χ3n) is 6.23. The molecule has 4 rings (SSSR count). The summed E-state index contributed by atoms with van der Waals surface area (Å²) in [5.41, 5.74) is 1.40. The van der Waals surface area contributed by atoms with Crippen molar-refractivity contribution >= 4 is 17.0 Å². The number of imidazole rings is 1. The minimum absolute atomic E-state index is 0.290. The zero-order valence-corrected chi connectivity index (χ0v) is 19.2. The van der Waals surface area contributed by atoms with Gasteiger partial charge >= 0.3 is 0 Å². The van der Waals surface area contributed by atoms with Crippen molar-refractivity contribution in [3.05, 3.63) is 42.2 Å².